The Balaban J connectivity index is 0. The molecule has 0 aliphatic heterocycles. The summed E-state index contributed by atoms with van der Waals surface area (Å²) in [5, 5.41) is 24.2. The van der Waals surface area contributed by atoms with Crippen LogP contribution < -0.4 is 0 Å². The van der Waals surface area contributed by atoms with Gasteiger partial charge in [-0.05, 0) is 6.92 Å². The van der Waals surface area contributed by atoms with E-state index in [4.69, 9.17) is 15.2 Å². The van der Waals surface area contributed by atoms with Crippen molar-refractivity contribution in [2.45, 2.75) is 13.0 Å². The number of hydrogen-bond donors (Lipinski definition) is 3. The van der Waals surface area contributed by atoms with Gasteiger partial charge in [-0.2, -0.15) is 0 Å². The van der Waals surface area contributed by atoms with Crippen molar-refractivity contribution in [1.29, 1.82) is 0 Å². The molecule has 54 valence electrons. The molecular weight excluding hydrogens is 134 g/mol. The van der Waals surface area contributed by atoms with E-state index in [2.05, 4.69) is 4.65 Å². The van der Waals surface area contributed by atoms with Crippen molar-refractivity contribution >= 4 is 32.2 Å². The first-order chi connectivity index (χ1) is 4.04. The number of hydrogen-bond acceptors (Lipinski definition) is 4. The van der Waals surface area contributed by atoms with Gasteiger partial charge in [-0.15, -0.1) is 0 Å². The third-order valence-electron chi connectivity index (χ3n) is 0.674. The monoisotopic (exact) mass is 142 g/mol. The van der Waals surface area contributed by atoms with Crippen molar-refractivity contribution in [1.82, 2.24) is 0 Å². The third-order valence-corrected chi connectivity index (χ3v) is 0.674. The van der Waals surface area contributed by atoms with E-state index < -0.39 is 19.4 Å². The predicted molar refractivity (Wildman–Crippen MR) is 35.5 cm³/mol. The van der Waals surface area contributed by atoms with Gasteiger partial charge in [0.1, 0.15) is 6.10 Å². The molecule has 1 atom stereocenters. The number of carbonyl (C=O) groups is 1. The van der Waals surface area contributed by atoms with Crippen molar-refractivity contribution < 1.29 is 24.6 Å². The number of carboxylic acids is 1. The van der Waals surface area contributed by atoms with Crippen LogP contribution in [0.4, 0.5) is 0 Å². The molecule has 0 radical (unpaired) electrons. The molecule has 3 N–H and O–H groups in total. The van der Waals surface area contributed by atoms with E-state index in [1.165, 1.54) is 6.92 Å². The van der Waals surface area contributed by atoms with Gasteiger partial charge in [-0.3, -0.25) is 0 Å². The molecule has 0 rings (SSSR count). The molecule has 0 heterocycles. The quantitative estimate of drug-likeness (QED) is 0.389. The summed E-state index contributed by atoms with van der Waals surface area (Å²) >= 11 is 0. The van der Waals surface area contributed by atoms with Crippen LogP contribution in [-0.4, -0.2) is 53.4 Å². The average molecular weight is 142 g/mol. The second kappa shape index (κ2) is 5.77. The van der Waals surface area contributed by atoms with Crippen molar-refractivity contribution in [2.24, 2.45) is 0 Å². The Labute approximate surface area is 70.4 Å². The number of carboxylic acid groups (broad SMARTS) is 1. The van der Waals surface area contributed by atoms with Crippen LogP contribution in [0, 0.1) is 0 Å². The van der Waals surface area contributed by atoms with Crippen LogP contribution in [0.2, 0.25) is 0 Å². The van der Waals surface area contributed by atoms with E-state index in [0.29, 0.717) is 0 Å². The van der Waals surface area contributed by atoms with Gasteiger partial charge in [-0.25, -0.2) is 4.79 Å². The molecule has 10 heavy (non-hydrogen) atoms. The van der Waals surface area contributed by atoms with E-state index in [1.807, 2.05) is 0 Å². The summed E-state index contributed by atoms with van der Waals surface area (Å²) in [6.45, 7) is 1.20. The number of aliphatic carboxylic acids is 1. The van der Waals surface area contributed by atoms with Crippen LogP contribution in [0.15, 0.2) is 0 Å². The van der Waals surface area contributed by atoms with Gasteiger partial charge in [0, 0.05) is 0 Å². The maximum absolute atomic E-state index is 9.89. The van der Waals surface area contributed by atoms with Crippen LogP contribution >= 0.6 is 0 Å². The number of rotatable bonds is 3. The Morgan fingerprint density at radius 3 is 2.10 bits per heavy atom. The van der Waals surface area contributed by atoms with Crippen LogP contribution in [0.3, 0.4) is 0 Å². The standard InChI is InChI=1S/C3H7BO5.Li.H/c1-2(3(5)6)9-4(7)8;;/h2,7-8H,1H3,(H,5,6);;. The minimum atomic E-state index is -2.02. The van der Waals surface area contributed by atoms with Crippen LogP contribution in [0.1, 0.15) is 6.92 Å². The van der Waals surface area contributed by atoms with Gasteiger partial charge in [0.05, 0.1) is 0 Å². The molecule has 0 aromatic carbocycles. The summed E-state index contributed by atoms with van der Waals surface area (Å²) in [5.41, 5.74) is 0. The molecule has 0 saturated carbocycles. The van der Waals surface area contributed by atoms with Gasteiger partial charge < -0.3 is 19.8 Å². The molecule has 0 amide bonds. The first-order valence-corrected chi connectivity index (χ1v) is 2.28. The van der Waals surface area contributed by atoms with Crippen molar-refractivity contribution in [3.05, 3.63) is 0 Å². The topological polar surface area (TPSA) is 87.0 Å². The second-order valence-corrected chi connectivity index (χ2v) is 1.44. The van der Waals surface area contributed by atoms with E-state index in [1.54, 1.807) is 0 Å². The summed E-state index contributed by atoms with van der Waals surface area (Å²) < 4.78 is 4.02. The Morgan fingerprint density at radius 2 is 2.00 bits per heavy atom. The zero-order valence-corrected chi connectivity index (χ0v) is 4.81. The Bertz CT molecular complexity index is 107. The minimum absolute atomic E-state index is 0. The van der Waals surface area contributed by atoms with Gasteiger partial charge in [0.15, 0.2) is 0 Å². The fourth-order valence-electron chi connectivity index (χ4n) is 0.241. The molecule has 0 bridgehead atoms. The molecule has 0 aliphatic carbocycles. The summed E-state index contributed by atoms with van der Waals surface area (Å²) in [7, 11) is -2.02. The third kappa shape index (κ3) is 6.14. The molecule has 0 spiro atoms. The average Bonchev–Trinajstić information content (AvgIpc) is 1.63. The summed E-state index contributed by atoms with van der Waals surface area (Å²) in [5.74, 6) is -1.23. The normalized spacial score (nSPS) is 11.5. The maximum atomic E-state index is 9.89. The molecule has 5 nitrogen and oxygen atoms in total. The van der Waals surface area contributed by atoms with E-state index in [9.17, 15) is 4.79 Å². The summed E-state index contributed by atoms with van der Waals surface area (Å²) in [6, 6.07) is 0. The second-order valence-electron chi connectivity index (χ2n) is 1.44. The van der Waals surface area contributed by atoms with Crippen molar-refractivity contribution in [3.8, 4) is 0 Å². The molecule has 0 aromatic heterocycles. The molecule has 1 unspecified atom stereocenters. The molecule has 0 aromatic rings. The van der Waals surface area contributed by atoms with Crippen molar-refractivity contribution in [2.75, 3.05) is 0 Å². The van der Waals surface area contributed by atoms with Crippen LogP contribution in [0.5, 0.6) is 0 Å². The fraction of sp³-hybridized carbons (Fsp3) is 0.667. The molecule has 0 fully saturated rings. The Hall–Kier alpha value is 0.0123. The first kappa shape index (κ1) is 12.7. The van der Waals surface area contributed by atoms with E-state index in [0.717, 1.165) is 0 Å². The Kier molecular flexibility index (Phi) is 7.31. The molecule has 7 heteroatoms. The summed E-state index contributed by atoms with van der Waals surface area (Å²) in [6.07, 6.45) is -1.19. The predicted octanol–water partition coefficient (Wildman–Crippen LogP) is -2.20. The summed E-state index contributed by atoms with van der Waals surface area (Å²) in [4.78, 5) is 9.89. The van der Waals surface area contributed by atoms with Gasteiger partial charge in [-0.1, -0.05) is 0 Å². The fourth-order valence-corrected chi connectivity index (χ4v) is 0.241. The van der Waals surface area contributed by atoms with Gasteiger partial charge in [0.2, 0.25) is 0 Å². The molecule has 0 saturated heterocycles. The molecule has 0 aliphatic rings. The van der Waals surface area contributed by atoms with Gasteiger partial charge in [0.25, 0.3) is 0 Å². The first-order valence-electron chi connectivity index (χ1n) is 2.28. The van der Waals surface area contributed by atoms with E-state index in [-0.39, 0.29) is 18.9 Å². The van der Waals surface area contributed by atoms with Crippen molar-refractivity contribution in [3.63, 3.8) is 0 Å². The Morgan fingerprint density at radius 1 is 1.60 bits per heavy atom. The SMILES string of the molecule is CC(OB(O)O)C(=O)O.[LiH]. The molecular formula is C3H8BLiO5. The zero-order chi connectivity index (χ0) is 7.44. The van der Waals surface area contributed by atoms with E-state index >= 15 is 0 Å². The van der Waals surface area contributed by atoms with Crippen LogP contribution in [-0.2, 0) is 9.45 Å². The zero-order valence-electron chi connectivity index (χ0n) is 4.81. The van der Waals surface area contributed by atoms with Gasteiger partial charge >= 0.3 is 32.2 Å². The van der Waals surface area contributed by atoms with Crippen LogP contribution in [0.25, 0.3) is 0 Å².